The Bertz CT molecular complexity index is 707. The third-order valence-corrected chi connectivity index (χ3v) is 3.34. The molecular formula is C18H17F6NO2. The molecule has 0 aliphatic rings. The van der Waals surface area contributed by atoms with Crippen molar-refractivity contribution in [1.29, 1.82) is 0 Å². The highest BCUT2D eigenvalue weighted by molar-refractivity contribution is 5.75. The minimum absolute atomic E-state index is 0.0347. The SMILES string of the molecule is COc1ccc(CCN)cc1.O=Cc1cc(C(F)(F)F)cc(C(F)(F)F)c1. The van der Waals surface area contributed by atoms with Crippen molar-refractivity contribution in [3.8, 4) is 5.75 Å². The number of ether oxygens (including phenoxy) is 1. The molecule has 0 saturated heterocycles. The fourth-order valence-corrected chi connectivity index (χ4v) is 2.01. The number of nitrogens with two attached hydrogens (primary N) is 1. The first kappa shape index (κ1) is 22.5. The average molecular weight is 393 g/mol. The highest BCUT2D eigenvalue weighted by Crippen LogP contribution is 2.35. The van der Waals surface area contributed by atoms with Gasteiger partial charge in [-0.15, -0.1) is 0 Å². The molecule has 2 aromatic carbocycles. The Morgan fingerprint density at radius 1 is 0.926 bits per heavy atom. The summed E-state index contributed by atoms with van der Waals surface area (Å²) in [6.07, 6.45) is -8.97. The van der Waals surface area contributed by atoms with E-state index in [1.165, 1.54) is 5.56 Å². The summed E-state index contributed by atoms with van der Waals surface area (Å²) in [5.41, 5.74) is 3.00. The van der Waals surface area contributed by atoms with Crippen LogP contribution in [-0.4, -0.2) is 19.9 Å². The second-order valence-electron chi connectivity index (χ2n) is 5.34. The van der Waals surface area contributed by atoms with Crippen molar-refractivity contribution in [3.05, 3.63) is 64.7 Å². The number of hydrogen-bond acceptors (Lipinski definition) is 3. The summed E-state index contributed by atoms with van der Waals surface area (Å²) in [5, 5.41) is 0. The first-order valence-electron chi connectivity index (χ1n) is 7.59. The van der Waals surface area contributed by atoms with Crippen LogP contribution in [-0.2, 0) is 18.8 Å². The monoisotopic (exact) mass is 393 g/mol. The van der Waals surface area contributed by atoms with Crippen molar-refractivity contribution in [2.45, 2.75) is 18.8 Å². The number of methoxy groups -OCH3 is 1. The first-order valence-corrected chi connectivity index (χ1v) is 7.59. The molecule has 3 nitrogen and oxygen atoms in total. The van der Waals surface area contributed by atoms with Crippen molar-refractivity contribution in [2.75, 3.05) is 13.7 Å². The molecule has 0 aliphatic carbocycles. The average Bonchev–Trinajstić information content (AvgIpc) is 2.61. The zero-order valence-corrected chi connectivity index (χ0v) is 14.2. The van der Waals surface area contributed by atoms with Gasteiger partial charge >= 0.3 is 12.4 Å². The van der Waals surface area contributed by atoms with E-state index in [1.807, 2.05) is 24.3 Å². The number of aldehydes is 1. The number of hydrogen-bond donors (Lipinski definition) is 1. The van der Waals surface area contributed by atoms with Gasteiger partial charge < -0.3 is 10.5 Å². The van der Waals surface area contributed by atoms with Crippen LogP contribution in [0.4, 0.5) is 26.3 Å². The van der Waals surface area contributed by atoms with Gasteiger partial charge in [0.25, 0.3) is 0 Å². The molecule has 0 saturated carbocycles. The Morgan fingerprint density at radius 2 is 1.41 bits per heavy atom. The van der Waals surface area contributed by atoms with E-state index < -0.39 is 29.0 Å². The number of carbonyl (C=O) groups is 1. The molecule has 0 radical (unpaired) electrons. The Morgan fingerprint density at radius 3 is 1.74 bits per heavy atom. The van der Waals surface area contributed by atoms with Crippen LogP contribution in [0.15, 0.2) is 42.5 Å². The molecule has 0 aromatic heterocycles. The maximum absolute atomic E-state index is 12.2. The summed E-state index contributed by atoms with van der Waals surface area (Å²) in [7, 11) is 1.66. The molecule has 148 valence electrons. The van der Waals surface area contributed by atoms with Gasteiger partial charge in [-0.25, -0.2) is 0 Å². The minimum Gasteiger partial charge on any atom is -0.497 e. The van der Waals surface area contributed by atoms with Crippen LogP contribution in [0.5, 0.6) is 5.75 Å². The summed E-state index contributed by atoms with van der Waals surface area (Å²) in [4.78, 5) is 10.2. The van der Waals surface area contributed by atoms with Crippen molar-refractivity contribution < 1.29 is 35.9 Å². The molecule has 27 heavy (non-hydrogen) atoms. The van der Waals surface area contributed by atoms with Crippen LogP contribution in [0.2, 0.25) is 0 Å². The molecule has 2 aromatic rings. The molecule has 0 atom stereocenters. The topological polar surface area (TPSA) is 52.3 Å². The molecule has 0 fully saturated rings. The maximum atomic E-state index is 12.2. The summed E-state index contributed by atoms with van der Waals surface area (Å²) in [5.74, 6) is 0.894. The predicted octanol–water partition coefficient (Wildman–Crippen LogP) is 4.73. The van der Waals surface area contributed by atoms with E-state index in [1.54, 1.807) is 7.11 Å². The quantitative estimate of drug-likeness (QED) is 0.603. The number of halogens is 6. The van der Waals surface area contributed by atoms with E-state index in [4.69, 9.17) is 10.5 Å². The number of alkyl halides is 6. The van der Waals surface area contributed by atoms with E-state index in [9.17, 15) is 31.1 Å². The van der Waals surface area contributed by atoms with Crippen molar-refractivity contribution in [1.82, 2.24) is 0 Å². The van der Waals surface area contributed by atoms with Crippen LogP contribution in [0.25, 0.3) is 0 Å². The Balaban J connectivity index is 0.000000289. The van der Waals surface area contributed by atoms with Gasteiger partial charge in [0.1, 0.15) is 12.0 Å². The summed E-state index contributed by atoms with van der Waals surface area (Å²) in [6, 6.07) is 8.66. The molecule has 2 rings (SSSR count). The summed E-state index contributed by atoms with van der Waals surface area (Å²) in [6.45, 7) is 0.701. The van der Waals surface area contributed by atoms with Gasteiger partial charge in [-0.1, -0.05) is 12.1 Å². The molecule has 0 heterocycles. The Kier molecular flexibility index (Phi) is 7.83. The molecule has 0 unspecified atom stereocenters. The lowest BCUT2D eigenvalue weighted by Crippen LogP contribution is -2.11. The number of benzene rings is 2. The largest absolute Gasteiger partial charge is 0.497 e. The van der Waals surface area contributed by atoms with Gasteiger partial charge in [0.2, 0.25) is 0 Å². The Hall–Kier alpha value is -2.55. The molecule has 0 aliphatic heterocycles. The summed E-state index contributed by atoms with van der Waals surface area (Å²) >= 11 is 0. The zero-order chi connectivity index (χ0) is 20.7. The van der Waals surface area contributed by atoms with E-state index >= 15 is 0 Å². The Labute approximate surface area is 151 Å². The van der Waals surface area contributed by atoms with Gasteiger partial charge in [-0.05, 0) is 48.9 Å². The third kappa shape index (κ3) is 7.30. The molecular weight excluding hydrogens is 376 g/mol. The number of rotatable bonds is 4. The highest BCUT2D eigenvalue weighted by atomic mass is 19.4. The normalized spacial score (nSPS) is 11.4. The highest BCUT2D eigenvalue weighted by Gasteiger charge is 2.36. The minimum atomic E-state index is -4.92. The van der Waals surface area contributed by atoms with Gasteiger partial charge in [-0.3, -0.25) is 4.79 Å². The predicted molar refractivity (Wildman–Crippen MR) is 87.6 cm³/mol. The van der Waals surface area contributed by atoms with Gasteiger partial charge in [0.05, 0.1) is 18.2 Å². The lowest BCUT2D eigenvalue weighted by molar-refractivity contribution is -0.143. The van der Waals surface area contributed by atoms with Gasteiger partial charge in [-0.2, -0.15) is 26.3 Å². The van der Waals surface area contributed by atoms with Crippen molar-refractivity contribution in [2.24, 2.45) is 5.73 Å². The first-order chi connectivity index (χ1) is 12.5. The molecule has 9 heteroatoms. The second-order valence-corrected chi connectivity index (χ2v) is 5.34. The van der Waals surface area contributed by atoms with Crippen LogP contribution < -0.4 is 10.5 Å². The number of carbonyl (C=O) groups excluding carboxylic acids is 1. The molecule has 2 N–H and O–H groups in total. The standard InChI is InChI=1S/C9H4F6O.C9H13NO/c10-8(11,12)6-1-5(4-16)2-7(3-6)9(13,14)15;1-11-9-4-2-8(3-5-9)6-7-10/h1-4H;2-5H,6-7,10H2,1H3. The fraction of sp³-hybridized carbons (Fsp3) is 0.278. The zero-order valence-electron chi connectivity index (χ0n) is 14.2. The lowest BCUT2D eigenvalue weighted by atomic mass is 10.1. The van der Waals surface area contributed by atoms with E-state index in [2.05, 4.69) is 0 Å². The van der Waals surface area contributed by atoms with E-state index in [0.29, 0.717) is 18.7 Å². The molecule has 0 bridgehead atoms. The van der Waals surface area contributed by atoms with Crippen LogP contribution >= 0.6 is 0 Å². The van der Waals surface area contributed by atoms with E-state index in [0.717, 1.165) is 12.2 Å². The second kappa shape index (κ2) is 9.40. The van der Waals surface area contributed by atoms with Gasteiger partial charge in [0.15, 0.2) is 0 Å². The van der Waals surface area contributed by atoms with Crippen molar-refractivity contribution in [3.63, 3.8) is 0 Å². The fourth-order valence-electron chi connectivity index (χ4n) is 2.01. The summed E-state index contributed by atoms with van der Waals surface area (Å²) < 4.78 is 78.2. The van der Waals surface area contributed by atoms with E-state index in [-0.39, 0.29) is 12.4 Å². The molecule has 0 spiro atoms. The van der Waals surface area contributed by atoms with Gasteiger partial charge in [0, 0.05) is 5.56 Å². The van der Waals surface area contributed by atoms with Crippen LogP contribution in [0, 0.1) is 0 Å². The molecule has 0 amide bonds. The maximum Gasteiger partial charge on any atom is 0.416 e. The lowest BCUT2D eigenvalue weighted by Gasteiger charge is -2.12. The van der Waals surface area contributed by atoms with Crippen molar-refractivity contribution >= 4 is 6.29 Å². The third-order valence-electron chi connectivity index (χ3n) is 3.34. The smallest absolute Gasteiger partial charge is 0.416 e. The van der Waals surface area contributed by atoms with Crippen LogP contribution in [0.1, 0.15) is 27.0 Å². The van der Waals surface area contributed by atoms with Crippen LogP contribution in [0.3, 0.4) is 0 Å².